The van der Waals surface area contributed by atoms with Crippen LogP contribution in [-0.2, 0) is 9.59 Å². The highest BCUT2D eigenvalue weighted by Crippen LogP contribution is 2.36. The predicted molar refractivity (Wildman–Crippen MR) is 115 cm³/mol. The van der Waals surface area contributed by atoms with Crippen LogP contribution in [0.1, 0.15) is 68.8 Å². The number of amides is 2. The van der Waals surface area contributed by atoms with Crippen LogP contribution >= 0.6 is 11.8 Å². The number of hydrogen-bond acceptors (Lipinski definition) is 4. The largest absolute Gasteiger partial charge is 0.343 e. The number of nitriles is 1. The van der Waals surface area contributed by atoms with Gasteiger partial charge in [-0.15, -0.1) is 11.8 Å². The molecule has 28 heavy (non-hydrogen) atoms. The van der Waals surface area contributed by atoms with Gasteiger partial charge in [0.05, 0.1) is 17.1 Å². The van der Waals surface area contributed by atoms with Crippen molar-refractivity contribution in [3.05, 3.63) is 16.8 Å². The maximum Gasteiger partial charge on any atom is 0.235 e. The summed E-state index contributed by atoms with van der Waals surface area (Å²) >= 11 is 1.32. The third-order valence-electron chi connectivity index (χ3n) is 5.64. The minimum absolute atomic E-state index is 0.0535. The summed E-state index contributed by atoms with van der Waals surface area (Å²) in [6, 6.07) is 2.61. The van der Waals surface area contributed by atoms with E-state index in [0.717, 1.165) is 24.1 Å². The van der Waals surface area contributed by atoms with Crippen LogP contribution in [0.25, 0.3) is 0 Å². The molecule has 0 bridgehead atoms. The Balaban J connectivity index is 2.08. The zero-order valence-corrected chi connectivity index (χ0v) is 18.3. The van der Waals surface area contributed by atoms with Crippen molar-refractivity contribution < 1.29 is 9.59 Å². The molecule has 1 heterocycles. The average Bonchev–Trinajstić information content (AvgIpc) is 2.93. The van der Waals surface area contributed by atoms with Crippen molar-refractivity contribution in [2.75, 3.05) is 29.9 Å². The van der Waals surface area contributed by atoms with Crippen LogP contribution in [0.5, 0.6) is 0 Å². The molecular weight excluding hydrogens is 372 g/mol. The molecule has 2 amide bonds. The number of anilines is 1. The molecular formula is C21H32N4O2S. The van der Waals surface area contributed by atoms with Crippen molar-refractivity contribution in [3.8, 4) is 6.07 Å². The molecule has 1 aliphatic carbocycles. The first kappa shape index (κ1) is 22.4. The molecule has 1 saturated carbocycles. The zero-order valence-electron chi connectivity index (χ0n) is 17.5. The molecule has 0 aliphatic heterocycles. The van der Waals surface area contributed by atoms with E-state index < -0.39 is 0 Å². The van der Waals surface area contributed by atoms with Crippen LogP contribution in [0.4, 0.5) is 5.82 Å². The van der Waals surface area contributed by atoms with E-state index in [-0.39, 0.29) is 17.6 Å². The summed E-state index contributed by atoms with van der Waals surface area (Å²) in [7, 11) is 0. The summed E-state index contributed by atoms with van der Waals surface area (Å²) in [5, 5.41) is 12.6. The van der Waals surface area contributed by atoms with Crippen molar-refractivity contribution in [1.29, 1.82) is 5.26 Å². The Kier molecular flexibility index (Phi) is 8.43. The summed E-state index contributed by atoms with van der Waals surface area (Å²) in [6.45, 7) is 9.24. The second-order valence-corrected chi connectivity index (χ2v) is 8.30. The third-order valence-corrected chi connectivity index (χ3v) is 6.56. The van der Waals surface area contributed by atoms with Crippen LogP contribution in [0, 0.1) is 25.2 Å². The van der Waals surface area contributed by atoms with E-state index in [1.54, 1.807) is 4.90 Å². The van der Waals surface area contributed by atoms with Crippen LogP contribution in [0.2, 0.25) is 0 Å². The second kappa shape index (κ2) is 10.6. The summed E-state index contributed by atoms with van der Waals surface area (Å²) < 4.78 is 2.16. The van der Waals surface area contributed by atoms with Gasteiger partial charge in [0.2, 0.25) is 11.8 Å². The smallest absolute Gasteiger partial charge is 0.235 e. The zero-order chi connectivity index (χ0) is 20.7. The van der Waals surface area contributed by atoms with E-state index in [4.69, 9.17) is 0 Å². The van der Waals surface area contributed by atoms with Crippen molar-refractivity contribution in [1.82, 2.24) is 9.47 Å². The van der Waals surface area contributed by atoms with Crippen molar-refractivity contribution in [2.24, 2.45) is 0 Å². The van der Waals surface area contributed by atoms with E-state index in [1.807, 2.05) is 27.7 Å². The highest BCUT2D eigenvalue weighted by molar-refractivity contribution is 8.00. The van der Waals surface area contributed by atoms with Crippen LogP contribution in [-0.4, -0.2) is 45.9 Å². The van der Waals surface area contributed by atoms with E-state index in [0.29, 0.717) is 36.3 Å². The molecule has 0 atom stereocenters. The fourth-order valence-corrected chi connectivity index (χ4v) is 4.67. The van der Waals surface area contributed by atoms with Gasteiger partial charge in [0.1, 0.15) is 11.9 Å². The number of carbonyl (C=O) groups excluding carboxylic acids is 2. The number of rotatable bonds is 8. The molecule has 1 aromatic rings. The van der Waals surface area contributed by atoms with Gasteiger partial charge in [0, 0.05) is 24.8 Å². The number of hydrogen-bond donors (Lipinski definition) is 1. The minimum Gasteiger partial charge on any atom is -0.343 e. The van der Waals surface area contributed by atoms with Crippen molar-refractivity contribution >= 4 is 29.4 Å². The predicted octanol–water partition coefficient (Wildman–Crippen LogP) is 4.02. The standard InChI is InChI=1S/C21H32N4O2S/c1-5-24(6-2)20(27)14-28-13-19(26)23-21-18(12-22)15(3)16(4)25(21)17-10-8-7-9-11-17/h17H,5-11,13-14H2,1-4H3,(H,23,26). The lowest BCUT2D eigenvalue weighted by Gasteiger charge is -2.27. The van der Waals surface area contributed by atoms with Gasteiger partial charge < -0.3 is 14.8 Å². The molecule has 0 aromatic carbocycles. The van der Waals surface area contributed by atoms with Gasteiger partial charge in [-0.3, -0.25) is 9.59 Å². The molecule has 0 spiro atoms. The van der Waals surface area contributed by atoms with Gasteiger partial charge in [0.15, 0.2) is 0 Å². The van der Waals surface area contributed by atoms with Crippen LogP contribution in [0.3, 0.4) is 0 Å². The molecule has 0 saturated heterocycles. The summed E-state index contributed by atoms with van der Waals surface area (Å²) in [5.41, 5.74) is 2.55. The molecule has 2 rings (SSSR count). The topological polar surface area (TPSA) is 78.1 Å². The maximum atomic E-state index is 12.5. The van der Waals surface area contributed by atoms with Crippen LogP contribution in [0.15, 0.2) is 0 Å². The molecule has 6 nitrogen and oxygen atoms in total. The Hall–Kier alpha value is -1.94. The van der Waals surface area contributed by atoms with E-state index in [1.165, 1.54) is 31.0 Å². The van der Waals surface area contributed by atoms with Gasteiger partial charge in [0.25, 0.3) is 0 Å². The molecule has 7 heteroatoms. The summed E-state index contributed by atoms with van der Waals surface area (Å²) in [6.07, 6.45) is 5.77. The number of nitrogens with one attached hydrogen (secondary N) is 1. The van der Waals surface area contributed by atoms with E-state index in [2.05, 4.69) is 16.0 Å². The van der Waals surface area contributed by atoms with Gasteiger partial charge in [-0.2, -0.15) is 5.26 Å². The Morgan fingerprint density at radius 2 is 1.82 bits per heavy atom. The number of nitrogens with zero attached hydrogens (tertiary/aromatic N) is 3. The fraction of sp³-hybridized carbons (Fsp3) is 0.667. The highest BCUT2D eigenvalue weighted by atomic mass is 32.2. The third kappa shape index (κ3) is 5.11. The first-order valence-corrected chi connectivity index (χ1v) is 11.4. The molecule has 1 fully saturated rings. The maximum absolute atomic E-state index is 12.5. The van der Waals surface area contributed by atoms with Gasteiger partial charge in [-0.25, -0.2) is 0 Å². The monoisotopic (exact) mass is 404 g/mol. The average molecular weight is 405 g/mol. The number of aromatic nitrogens is 1. The molecule has 0 unspecified atom stereocenters. The lowest BCUT2D eigenvalue weighted by molar-refractivity contribution is -0.127. The first-order chi connectivity index (χ1) is 13.4. The SMILES string of the molecule is CCN(CC)C(=O)CSCC(=O)Nc1c(C#N)c(C)c(C)n1C1CCCCC1. The Labute approximate surface area is 172 Å². The highest BCUT2D eigenvalue weighted by Gasteiger charge is 2.25. The first-order valence-electron chi connectivity index (χ1n) is 10.2. The molecule has 1 aromatic heterocycles. The van der Waals surface area contributed by atoms with Gasteiger partial charge in [-0.05, 0) is 46.1 Å². The van der Waals surface area contributed by atoms with Crippen LogP contribution < -0.4 is 5.32 Å². The summed E-state index contributed by atoms with van der Waals surface area (Å²) in [4.78, 5) is 26.4. The van der Waals surface area contributed by atoms with E-state index in [9.17, 15) is 14.9 Å². The minimum atomic E-state index is -0.164. The van der Waals surface area contributed by atoms with E-state index >= 15 is 0 Å². The van der Waals surface area contributed by atoms with Crippen molar-refractivity contribution in [3.63, 3.8) is 0 Å². The second-order valence-electron chi connectivity index (χ2n) is 7.31. The lowest BCUT2D eigenvalue weighted by Crippen LogP contribution is -2.32. The Bertz CT molecular complexity index is 741. The molecule has 154 valence electrons. The fourth-order valence-electron chi connectivity index (χ4n) is 3.95. The Morgan fingerprint density at radius 3 is 2.39 bits per heavy atom. The number of carbonyl (C=O) groups is 2. The molecule has 1 aliphatic rings. The lowest BCUT2D eigenvalue weighted by atomic mass is 9.95. The normalized spacial score (nSPS) is 14.5. The van der Waals surface area contributed by atoms with Gasteiger partial charge in [-0.1, -0.05) is 19.3 Å². The van der Waals surface area contributed by atoms with Gasteiger partial charge >= 0.3 is 0 Å². The Morgan fingerprint density at radius 1 is 1.18 bits per heavy atom. The van der Waals surface area contributed by atoms with Crippen molar-refractivity contribution in [2.45, 2.75) is 65.8 Å². The number of thioether (sulfide) groups is 1. The molecule has 1 N–H and O–H groups in total. The molecule has 0 radical (unpaired) electrons. The summed E-state index contributed by atoms with van der Waals surface area (Å²) in [5.74, 6) is 1.01. The quantitative estimate of drug-likeness (QED) is 0.710.